The van der Waals surface area contributed by atoms with Gasteiger partial charge < -0.3 is 30.2 Å². The highest BCUT2D eigenvalue weighted by atomic mass is 35.5. The molecule has 11 heteroatoms. The van der Waals surface area contributed by atoms with Gasteiger partial charge in [0.25, 0.3) is 11.8 Å². The Morgan fingerprint density at radius 2 is 1.42 bits per heavy atom. The van der Waals surface area contributed by atoms with E-state index in [1.807, 2.05) is 0 Å². The number of nitrogens with one attached hydrogen (secondary N) is 3. The van der Waals surface area contributed by atoms with E-state index in [2.05, 4.69) is 16.0 Å². The van der Waals surface area contributed by atoms with Gasteiger partial charge in [0.15, 0.2) is 11.5 Å². The van der Waals surface area contributed by atoms with Gasteiger partial charge in [-0.25, -0.2) is 0 Å². The summed E-state index contributed by atoms with van der Waals surface area (Å²) in [5.41, 5.74) is 1.93. The molecular formula is C34H32ClN3O6S. The first-order valence-electron chi connectivity index (χ1n) is 13.7. The molecule has 232 valence electrons. The highest BCUT2D eigenvalue weighted by Gasteiger charge is 2.19. The zero-order valence-corrected chi connectivity index (χ0v) is 26.6. The fourth-order valence-corrected chi connectivity index (χ4v) is 5.21. The van der Waals surface area contributed by atoms with Crippen LogP contribution >= 0.6 is 23.4 Å². The topological polar surface area (TPSA) is 115 Å². The second-order valence-electron chi connectivity index (χ2n) is 9.54. The van der Waals surface area contributed by atoms with E-state index in [4.69, 9.17) is 25.8 Å². The molecule has 4 aromatic carbocycles. The third kappa shape index (κ3) is 8.81. The summed E-state index contributed by atoms with van der Waals surface area (Å²) in [4.78, 5) is 40.1. The van der Waals surface area contributed by atoms with Crippen molar-refractivity contribution in [3.63, 3.8) is 0 Å². The first-order valence-corrected chi connectivity index (χ1v) is 15.0. The summed E-state index contributed by atoms with van der Waals surface area (Å²) in [7, 11) is 4.47. The minimum Gasteiger partial charge on any atom is -0.493 e. The number of benzene rings is 4. The first kappa shape index (κ1) is 33.0. The fraction of sp³-hybridized carbons (Fsp3) is 0.147. The molecule has 1 unspecified atom stereocenters. The van der Waals surface area contributed by atoms with Crippen LogP contribution in [0.1, 0.15) is 22.8 Å². The number of halogens is 1. The molecule has 0 aliphatic heterocycles. The van der Waals surface area contributed by atoms with Gasteiger partial charge in [-0.3, -0.25) is 14.4 Å². The Hall–Kier alpha value is -4.93. The number of carbonyl (C=O) groups excluding carboxylic acids is 3. The van der Waals surface area contributed by atoms with Gasteiger partial charge in [-0.15, -0.1) is 11.8 Å². The lowest BCUT2D eigenvalue weighted by atomic mass is 10.1. The summed E-state index contributed by atoms with van der Waals surface area (Å²) < 4.78 is 16.3. The standard InChI is InChI=1S/C34H32ClN3O6S/c1-21(32(39)37-27-13-9-8-12-26(27)35)45-25-16-14-24(15-17-25)36-34(41)28(38-33(40)23-10-6-5-7-11-23)18-22-19-29(42-2)31(44-4)30(20-22)43-3/h5-21H,1-4H3,(H,36,41)(H,37,39)(H,38,40)/b28-18-. The van der Waals surface area contributed by atoms with Crippen LogP contribution in [0.3, 0.4) is 0 Å². The van der Waals surface area contributed by atoms with Crippen LogP contribution in [0.15, 0.2) is 102 Å². The molecule has 0 heterocycles. The highest BCUT2D eigenvalue weighted by Crippen LogP contribution is 2.38. The lowest BCUT2D eigenvalue weighted by Crippen LogP contribution is -2.30. The number of carbonyl (C=O) groups is 3. The van der Waals surface area contributed by atoms with E-state index in [1.165, 1.54) is 39.2 Å². The van der Waals surface area contributed by atoms with Crippen LogP contribution in [0.2, 0.25) is 5.02 Å². The van der Waals surface area contributed by atoms with E-state index in [-0.39, 0.29) is 11.6 Å². The third-order valence-corrected chi connectivity index (χ3v) is 7.89. The summed E-state index contributed by atoms with van der Waals surface area (Å²) in [5, 5.41) is 8.43. The Kier molecular flexibility index (Phi) is 11.5. The zero-order valence-electron chi connectivity index (χ0n) is 25.1. The van der Waals surface area contributed by atoms with Gasteiger partial charge in [-0.1, -0.05) is 41.9 Å². The van der Waals surface area contributed by atoms with Crippen LogP contribution in [0.4, 0.5) is 11.4 Å². The van der Waals surface area contributed by atoms with E-state index in [1.54, 1.807) is 97.9 Å². The van der Waals surface area contributed by atoms with Gasteiger partial charge in [-0.2, -0.15) is 0 Å². The molecule has 0 saturated carbocycles. The van der Waals surface area contributed by atoms with Crippen molar-refractivity contribution < 1.29 is 28.6 Å². The van der Waals surface area contributed by atoms with Gasteiger partial charge in [0.05, 0.1) is 37.3 Å². The van der Waals surface area contributed by atoms with Crippen molar-refractivity contribution in [3.8, 4) is 17.2 Å². The molecule has 1 atom stereocenters. The van der Waals surface area contributed by atoms with Crippen LogP contribution in [0, 0.1) is 0 Å². The molecule has 45 heavy (non-hydrogen) atoms. The predicted octanol–water partition coefficient (Wildman–Crippen LogP) is 6.89. The van der Waals surface area contributed by atoms with Gasteiger partial charge in [0.2, 0.25) is 11.7 Å². The lowest BCUT2D eigenvalue weighted by Gasteiger charge is -2.15. The van der Waals surface area contributed by atoms with Gasteiger partial charge in [0, 0.05) is 16.1 Å². The molecule has 3 N–H and O–H groups in total. The highest BCUT2D eigenvalue weighted by molar-refractivity contribution is 8.00. The number of methoxy groups -OCH3 is 3. The Morgan fingerprint density at radius 1 is 0.800 bits per heavy atom. The summed E-state index contributed by atoms with van der Waals surface area (Å²) in [6.45, 7) is 1.79. The number of rotatable bonds is 12. The number of para-hydroxylation sites is 1. The van der Waals surface area contributed by atoms with Crippen molar-refractivity contribution in [1.29, 1.82) is 0 Å². The van der Waals surface area contributed by atoms with E-state index < -0.39 is 17.1 Å². The van der Waals surface area contributed by atoms with Crippen LogP contribution in [0.25, 0.3) is 6.08 Å². The molecule has 0 spiro atoms. The van der Waals surface area contributed by atoms with Crippen LogP contribution < -0.4 is 30.2 Å². The zero-order chi connectivity index (χ0) is 32.3. The number of hydrogen-bond donors (Lipinski definition) is 3. The maximum atomic E-state index is 13.5. The Labute approximate surface area is 270 Å². The van der Waals surface area contributed by atoms with E-state index in [0.29, 0.717) is 44.8 Å². The van der Waals surface area contributed by atoms with Crippen molar-refractivity contribution >= 4 is 58.5 Å². The summed E-state index contributed by atoms with van der Waals surface area (Å²) in [6.07, 6.45) is 1.52. The number of ether oxygens (including phenoxy) is 3. The second-order valence-corrected chi connectivity index (χ2v) is 11.4. The monoisotopic (exact) mass is 645 g/mol. The molecule has 4 rings (SSSR count). The maximum absolute atomic E-state index is 13.5. The Bertz CT molecular complexity index is 1670. The molecule has 0 aliphatic carbocycles. The molecule has 0 aromatic heterocycles. The minimum absolute atomic E-state index is 0.0126. The van der Waals surface area contributed by atoms with Crippen LogP contribution in [-0.4, -0.2) is 44.3 Å². The average molecular weight is 646 g/mol. The first-order chi connectivity index (χ1) is 21.7. The lowest BCUT2D eigenvalue weighted by molar-refractivity contribution is -0.115. The number of amides is 3. The number of hydrogen-bond acceptors (Lipinski definition) is 7. The molecule has 0 aliphatic rings. The van der Waals surface area contributed by atoms with Crippen molar-refractivity contribution in [2.45, 2.75) is 17.1 Å². The molecule has 9 nitrogen and oxygen atoms in total. The molecule has 0 saturated heterocycles. The Balaban J connectivity index is 1.52. The summed E-state index contributed by atoms with van der Waals surface area (Å²) >= 11 is 7.52. The third-order valence-electron chi connectivity index (χ3n) is 6.45. The largest absolute Gasteiger partial charge is 0.493 e. The van der Waals surface area contributed by atoms with E-state index in [9.17, 15) is 14.4 Å². The number of anilines is 2. The summed E-state index contributed by atoms with van der Waals surface area (Å²) in [6, 6.07) is 26.0. The van der Waals surface area contributed by atoms with Gasteiger partial charge >= 0.3 is 0 Å². The van der Waals surface area contributed by atoms with E-state index in [0.717, 1.165) is 4.90 Å². The van der Waals surface area contributed by atoms with Crippen molar-refractivity contribution in [2.75, 3.05) is 32.0 Å². The molecular weight excluding hydrogens is 614 g/mol. The predicted molar refractivity (Wildman–Crippen MR) is 178 cm³/mol. The molecule has 4 aromatic rings. The summed E-state index contributed by atoms with van der Waals surface area (Å²) in [5.74, 6) is -0.0345. The second kappa shape index (κ2) is 15.7. The minimum atomic E-state index is -0.555. The molecule has 0 fully saturated rings. The van der Waals surface area contributed by atoms with Crippen molar-refractivity contribution in [1.82, 2.24) is 5.32 Å². The molecule has 3 amide bonds. The molecule has 0 radical (unpaired) electrons. The quantitative estimate of drug-likeness (QED) is 0.113. The fourth-order valence-electron chi connectivity index (χ4n) is 4.16. The Morgan fingerprint density at radius 3 is 2.02 bits per heavy atom. The molecule has 0 bridgehead atoms. The normalized spacial score (nSPS) is 11.6. The van der Waals surface area contributed by atoms with Crippen molar-refractivity contribution in [2.24, 2.45) is 0 Å². The van der Waals surface area contributed by atoms with Crippen LogP contribution in [0.5, 0.6) is 17.2 Å². The van der Waals surface area contributed by atoms with Crippen LogP contribution in [-0.2, 0) is 9.59 Å². The number of thioether (sulfide) groups is 1. The smallest absolute Gasteiger partial charge is 0.272 e. The average Bonchev–Trinajstić information content (AvgIpc) is 3.06. The van der Waals surface area contributed by atoms with Gasteiger partial charge in [0.1, 0.15) is 5.70 Å². The van der Waals surface area contributed by atoms with E-state index >= 15 is 0 Å². The van der Waals surface area contributed by atoms with Crippen molar-refractivity contribution in [3.05, 3.63) is 113 Å². The van der Waals surface area contributed by atoms with Gasteiger partial charge in [-0.05, 0) is 79.2 Å². The SMILES string of the molecule is COc1cc(/C=C(\NC(=O)c2ccccc2)C(=O)Nc2ccc(SC(C)C(=O)Nc3ccccc3Cl)cc2)cc(OC)c1OC. The maximum Gasteiger partial charge on any atom is 0.272 e.